The molecule has 2 aliphatic rings. The number of phenols is 1. The number of hydrogen-bond donors (Lipinski definition) is 1. The quantitative estimate of drug-likeness (QED) is 0.790. The molecule has 158 valence electrons. The Morgan fingerprint density at radius 1 is 1.23 bits per heavy atom. The number of benzene rings is 2. The van der Waals surface area contributed by atoms with Crippen molar-refractivity contribution in [1.82, 2.24) is 9.91 Å². The van der Waals surface area contributed by atoms with E-state index in [-0.39, 0.29) is 18.2 Å². The molecule has 4 rings (SSSR count). The number of amides is 1. The molecule has 1 amide bonds. The average molecular weight is 430 g/mol. The number of aromatic hydroxyl groups is 1. The molecule has 2 heterocycles. The highest BCUT2D eigenvalue weighted by Crippen LogP contribution is 2.38. The number of rotatable bonds is 5. The van der Waals surface area contributed by atoms with Crippen molar-refractivity contribution in [2.75, 3.05) is 40.0 Å². The summed E-state index contributed by atoms with van der Waals surface area (Å²) in [5.41, 5.74) is 2.27. The van der Waals surface area contributed by atoms with Gasteiger partial charge in [0, 0.05) is 30.1 Å². The van der Waals surface area contributed by atoms with Crippen molar-refractivity contribution in [3.63, 3.8) is 0 Å². The monoisotopic (exact) mass is 429 g/mol. The van der Waals surface area contributed by atoms with Crippen LogP contribution in [0.15, 0.2) is 47.6 Å². The summed E-state index contributed by atoms with van der Waals surface area (Å²) in [6, 6.07) is 12.0. The smallest absolute Gasteiger partial charge is 0.257 e. The standard InChI is InChI=1S/C22H24ClN3O4/c1-29-17-5-2-15(3-6-17)19-13-20(18-12-16(23)4-7-21(18)27)26(24-19)22(28)14-25-8-10-30-11-9-25/h2-7,12,20,27H,8-11,13-14H2,1H3. The van der Waals surface area contributed by atoms with E-state index in [0.717, 1.165) is 17.0 Å². The van der Waals surface area contributed by atoms with Crippen LogP contribution in [-0.2, 0) is 9.53 Å². The van der Waals surface area contributed by atoms with Crippen molar-refractivity contribution in [2.45, 2.75) is 12.5 Å². The summed E-state index contributed by atoms with van der Waals surface area (Å²) in [5, 5.41) is 17.1. The second kappa shape index (κ2) is 9.04. The minimum atomic E-state index is -0.422. The van der Waals surface area contributed by atoms with E-state index in [4.69, 9.17) is 21.1 Å². The van der Waals surface area contributed by atoms with E-state index in [9.17, 15) is 9.90 Å². The van der Waals surface area contributed by atoms with Gasteiger partial charge < -0.3 is 14.6 Å². The Bertz CT molecular complexity index is 942. The number of morpholine rings is 1. The van der Waals surface area contributed by atoms with E-state index < -0.39 is 6.04 Å². The molecule has 2 aromatic rings. The van der Waals surface area contributed by atoms with E-state index in [1.54, 1.807) is 25.3 Å². The van der Waals surface area contributed by atoms with Crippen LogP contribution >= 0.6 is 11.6 Å². The number of methoxy groups -OCH3 is 1. The van der Waals surface area contributed by atoms with Crippen LogP contribution in [0.5, 0.6) is 11.5 Å². The van der Waals surface area contributed by atoms with Crippen LogP contribution in [-0.4, -0.2) is 66.6 Å². The Labute approximate surface area is 180 Å². The summed E-state index contributed by atoms with van der Waals surface area (Å²) in [4.78, 5) is 15.2. The molecule has 1 N–H and O–H groups in total. The summed E-state index contributed by atoms with van der Waals surface area (Å²) >= 11 is 6.18. The number of hydrogen-bond acceptors (Lipinski definition) is 6. The van der Waals surface area contributed by atoms with Gasteiger partial charge in [0.05, 0.1) is 38.6 Å². The number of phenolic OH excluding ortho intramolecular Hbond substituents is 1. The Balaban J connectivity index is 1.63. The average Bonchev–Trinajstić information content (AvgIpc) is 3.21. The van der Waals surface area contributed by atoms with Gasteiger partial charge >= 0.3 is 0 Å². The number of carbonyl (C=O) groups excluding carboxylic acids is 1. The summed E-state index contributed by atoms with van der Waals surface area (Å²) in [6.07, 6.45) is 0.481. The molecule has 1 fully saturated rings. The molecular weight excluding hydrogens is 406 g/mol. The maximum absolute atomic E-state index is 13.2. The highest BCUT2D eigenvalue weighted by Gasteiger charge is 2.35. The van der Waals surface area contributed by atoms with Crippen molar-refractivity contribution in [2.24, 2.45) is 5.10 Å². The topological polar surface area (TPSA) is 74.6 Å². The lowest BCUT2D eigenvalue weighted by Gasteiger charge is -2.29. The molecule has 8 heteroatoms. The lowest BCUT2D eigenvalue weighted by Crippen LogP contribution is -2.43. The van der Waals surface area contributed by atoms with Crippen LogP contribution in [0.2, 0.25) is 5.02 Å². The first-order valence-electron chi connectivity index (χ1n) is 9.87. The van der Waals surface area contributed by atoms with Gasteiger partial charge in [-0.1, -0.05) is 11.6 Å². The van der Waals surface area contributed by atoms with Gasteiger partial charge in [-0.05, 0) is 48.0 Å². The Kier molecular flexibility index (Phi) is 6.22. The van der Waals surface area contributed by atoms with E-state index >= 15 is 0 Å². The van der Waals surface area contributed by atoms with Gasteiger partial charge in [0.2, 0.25) is 0 Å². The minimum absolute atomic E-state index is 0.0970. The van der Waals surface area contributed by atoms with Crippen LogP contribution in [0.3, 0.4) is 0 Å². The maximum atomic E-state index is 13.2. The highest BCUT2D eigenvalue weighted by molar-refractivity contribution is 6.30. The highest BCUT2D eigenvalue weighted by atomic mass is 35.5. The normalized spacial score (nSPS) is 19.6. The molecule has 30 heavy (non-hydrogen) atoms. The second-order valence-corrected chi connectivity index (χ2v) is 7.76. The van der Waals surface area contributed by atoms with Crippen LogP contribution < -0.4 is 4.74 Å². The molecule has 0 radical (unpaired) electrons. The Morgan fingerprint density at radius 3 is 2.67 bits per heavy atom. The number of hydrazone groups is 1. The van der Waals surface area contributed by atoms with E-state index in [2.05, 4.69) is 10.0 Å². The zero-order valence-electron chi connectivity index (χ0n) is 16.8. The first-order valence-corrected chi connectivity index (χ1v) is 10.3. The molecule has 1 saturated heterocycles. The number of ether oxygens (including phenoxy) is 2. The van der Waals surface area contributed by atoms with Crippen molar-refractivity contribution in [3.05, 3.63) is 58.6 Å². The molecule has 2 aliphatic heterocycles. The zero-order chi connectivity index (χ0) is 21.1. The van der Waals surface area contributed by atoms with Gasteiger partial charge in [-0.15, -0.1) is 0 Å². The molecule has 0 aliphatic carbocycles. The minimum Gasteiger partial charge on any atom is -0.508 e. The molecule has 0 spiro atoms. The summed E-state index contributed by atoms with van der Waals surface area (Å²) in [7, 11) is 1.62. The zero-order valence-corrected chi connectivity index (χ0v) is 17.5. The molecule has 0 bridgehead atoms. The third-order valence-corrected chi connectivity index (χ3v) is 5.64. The number of carbonyl (C=O) groups is 1. The third kappa shape index (κ3) is 4.43. The predicted molar refractivity (Wildman–Crippen MR) is 114 cm³/mol. The van der Waals surface area contributed by atoms with Crippen molar-refractivity contribution in [3.8, 4) is 11.5 Å². The lowest BCUT2D eigenvalue weighted by atomic mass is 9.97. The first-order chi connectivity index (χ1) is 14.5. The van der Waals surface area contributed by atoms with E-state index in [1.807, 2.05) is 24.3 Å². The van der Waals surface area contributed by atoms with Crippen molar-refractivity contribution < 1.29 is 19.4 Å². The van der Waals surface area contributed by atoms with Crippen LogP contribution in [0.1, 0.15) is 23.6 Å². The second-order valence-electron chi connectivity index (χ2n) is 7.33. The Hall–Kier alpha value is -2.61. The molecule has 7 nitrogen and oxygen atoms in total. The van der Waals surface area contributed by atoms with Crippen molar-refractivity contribution in [1.29, 1.82) is 0 Å². The van der Waals surface area contributed by atoms with Gasteiger partial charge in [0.1, 0.15) is 11.5 Å². The predicted octanol–water partition coefficient (Wildman–Crippen LogP) is 3.06. The fraction of sp³-hybridized carbons (Fsp3) is 0.364. The van der Waals surface area contributed by atoms with Gasteiger partial charge in [-0.2, -0.15) is 5.10 Å². The Morgan fingerprint density at radius 2 is 1.97 bits per heavy atom. The molecular formula is C22H24ClN3O4. The molecule has 1 unspecified atom stereocenters. The number of halogens is 1. The van der Waals surface area contributed by atoms with Crippen LogP contribution in [0, 0.1) is 0 Å². The summed E-state index contributed by atoms with van der Waals surface area (Å²) in [5.74, 6) is 0.728. The van der Waals surface area contributed by atoms with Gasteiger partial charge in [-0.3, -0.25) is 9.69 Å². The van der Waals surface area contributed by atoms with Crippen LogP contribution in [0.25, 0.3) is 0 Å². The fourth-order valence-corrected chi connectivity index (χ4v) is 3.94. The van der Waals surface area contributed by atoms with Gasteiger partial charge in [-0.25, -0.2) is 5.01 Å². The number of nitrogens with zero attached hydrogens (tertiary/aromatic N) is 3. The molecule has 0 aromatic heterocycles. The fourth-order valence-electron chi connectivity index (χ4n) is 3.76. The largest absolute Gasteiger partial charge is 0.508 e. The molecule has 0 saturated carbocycles. The van der Waals surface area contributed by atoms with E-state index in [1.165, 1.54) is 5.01 Å². The SMILES string of the molecule is COc1ccc(C2=NN(C(=O)CN3CCOCC3)C(c3cc(Cl)ccc3O)C2)cc1. The van der Waals surface area contributed by atoms with Gasteiger partial charge in [0.15, 0.2) is 0 Å². The van der Waals surface area contributed by atoms with E-state index in [0.29, 0.717) is 43.3 Å². The molecule has 2 aromatic carbocycles. The third-order valence-electron chi connectivity index (χ3n) is 5.40. The summed E-state index contributed by atoms with van der Waals surface area (Å²) < 4.78 is 10.6. The van der Waals surface area contributed by atoms with Crippen LogP contribution in [0.4, 0.5) is 0 Å². The van der Waals surface area contributed by atoms with Crippen molar-refractivity contribution >= 4 is 23.2 Å². The lowest BCUT2D eigenvalue weighted by molar-refractivity contribution is -0.135. The molecule has 1 atom stereocenters. The van der Waals surface area contributed by atoms with Gasteiger partial charge in [0.25, 0.3) is 5.91 Å². The maximum Gasteiger partial charge on any atom is 0.257 e. The first kappa shape index (κ1) is 20.7. The summed E-state index contributed by atoms with van der Waals surface area (Å²) in [6.45, 7) is 2.91.